The molecule has 1 fully saturated rings. The molecule has 1 N–H and O–H groups in total. The lowest BCUT2D eigenvalue weighted by Crippen LogP contribution is -2.46. The van der Waals surface area contributed by atoms with Gasteiger partial charge in [0.1, 0.15) is 0 Å². The SMILES string of the molecule is CC(C)Cc1nc(CN(C)[C@H](C)C(=O)NC2CCCC2)no1. The molecule has 6 heteroatoms. The van der Waals surface area contributed by atoms with E-state index in [9.17, 15) is 4.79 Å². The fraction of sp³-hybridized carbons (Fsp3) is 0.812. The summed E-state index contributed by atoms with van der Waals surface area (Å²) in [4.78, 5) is 18.6. The van der Waals surface area contributed by atoms with Crippen LogP contribution in [0.1, 0.15) is 58.2 Å². The number of likely N-dealkylation sites (N-methyl/N-ethyl adjacent to an activating group) is 1. The van der Waals surface area contributed by atoms with Gasteiger partial charge in [0.25, 0.3) is 0 Å². The third-order valence-corrected chi connectivity index (χ3v) is 4.23. The molecule has 1 atom stereocenters. The highest BCUT2D eigenvalue weighted by atomic mass is 16.5. The van der Waals surface area contributed by atoms with Gasteiger partial charge in [0.2, 0.25) is 11.8 Å². The first-order chi connectivity index (χ1) is 10.5. The largest absolute Gasteiger partial charge is 0.352 e. The Morgan fingerprint density at radius 1 is 1.36 bits per heavy atom. The van der Waals surface area contributed by atoms with Gasteiger partial charge in [0.05, 0.1) is 12.6 Å². The molecule has 1 aliphatic carbocycles. The summed E-state index contributed by atoms with van der Waals surface area (Å²) in [5.74, 6) is 1.88. The van der Waals surface area contributed by atoms with Crippen LogP contribution in [-0.4, -0.2) is 40.1 Å². The van der Waals surface area contributed by atoms with E-state index in [1.807, 2.05) is 18.9 Å². The number of hydrogen-bond donors (Lipinski definition) is 1. The van der Waals surface area contributed by atoms with Crippen LogP contribution in [0.3, 0.4) is 0 Å². The van der Waals surface area contributed by atoms with E-state index in [0.29, 0.717) is 30.2 Å². The minimum atomic E-state index is -0.201. The van der Waals surface area contributed by atoms with Crippen molar-refractivity contribution < 1.29 is 9.32 Å². The van der Waals surface area contributed by atoms with Crippen molar-refractivity contribution in [2.24, 2.45) is 5.92 Å². The predicted octanol–water partition coefficient (Wildman–Crippen LogP) is 2.15. The number of carbonyl (C=O) groups is 1. The van der Waals surface area contributed by atoms with E-state index in [2.05, 4.69) is 29.3 Å². The van der Waals surface area contributed by atoms with Crippen LogP contribution in [0.15, 0.2) is 4.52 Å². The molecule has 0 radical (unpaired) electrons. The number of hydrogen-bond acceptors (Lipinski definition) is 5. The van der Waals surface area contributed by atoms with Crippen LogP contribution in [0, 0.1) is 5.92 Å². The highest BCUT2D eigenvalue weighted by Crippen LogP contribution is 2.18. The van der Waals surface area contributed by atoms with E-state index in [0.717, 1.165) is 19.3 Å². The van der Waals surface area contributed by atoms with E-state index in [-0.39, 0.29) is 11.9 Å². The molecule has 22 heavy (non-hydrogen) atoms. The van der Waals surface area contributed by atoms with E-state index >= 15 is 0 Å². The number of rotatable bonds is 7. The van der Waals surface area contributed by atoms with Gasteiger partial charge in [0, 0.05) is 12.5 Å². The molecule has 1 heterocycles. The van der Waals surface area contributed by atoms with Gasteiger partial charge in [-0.2, -0.15) is 4.98 Å². The van der Waals surface area contributed by atoms with Gasteiger partial charge in [-0.05, 0) is 32.7 Å². The summed E-state index contributed by atoms with van der Waals surface area (Å²) in [5.41, 5.74) is 0. The molecule has 2 rings (SSSR count). The van der Waals surface area contributed by atoms with Gasteiger partial charge < -0.3 is 9.84 Å². The Balaban J connectivity index is 1.83. The van der Waals surface area contributed by atoms with E-state index in [1.165, 1.54) is 12.8 Å². The maximum Gasteiger partial charge on any atom is 0.237 e. The molecular weight excluding hydrogens is 280 g/mol. The lowest BCUT2D eigenvalue weighted by molar-refractivity contribution is -0.126. The highest BCUT2D eigenvalue weighted by Gasteiger charge is 2.24. The minimum Gasteiger partial charge on any atom is -0.352 e. The topological polar surface area (TPSA) is 71.3 Å². The van der Waals surface area contributed by atoms with Crippen LogP contribution in [0.2, 0.25) is 0 Å². The number of carbonyl (C=O) groups excluding carboxylic acids is 1. The summed E-state index contributed by atoms with van der Waals surface area (Å²) < 4.78 is 5.24. The van der Waals surface area contributed by atoms with Crippen molar-refractivity contribution in [3.05, 3.63) is 11.7 Å². The van der Waals surface area contributed by atoms with E-state index < -0.39 is 0 Å². The number of nitrogens with one attached hydrogen (secondary N) is 1. The van der Waals surface area contributed by atoms with Crippen LogP contribution in [0.25, 0.3) is 0 Å². The van der Waals surface area contributed by atoms with Crippen molar-refractivity contribution in [1.29, 1.82) is 0 Å². The van der Waals surface area contributed by atoms with E-state index in [4.69, 9.17) is 4.52 Å². The molecular formula is C16H28N4O2. The lowest BCUT2D eigenvalue weighted by atomic mass is 10.1. The molecule has 1 amide bonds. The summed E-state index contributed by atoms with van der Waals surface area (Å²) in [6.07, 6.45) is 5.43. The van der Waals surface area contributed by atoms with Crippen LogP contribution < -0.4 is 5.32 Å². The summed E-state index contributed by atoms with van der Waals surface area (Å²) in [6, 6.07) is 0.152. The maximum atomic E-state index is 12.3. The molecule has 1 aliphatic rings. The second kappa shape index (κ2) is 7.72. The fourth-order valence-electron chi connectivity index (χ4n) is 2.74. The molecule has 6 nitrogen and oxygen atoms in total. The first-order valence-corrected chi connectivity index (χ1v) is 8.27. The zero-order valence-electron chi connectivity index (χ0n) is 14.1. The molecule has 1 aromatic rings. The Bertz CT molecular complexity index is 480. The van der Waals surface area contributed by atoms with Gasteiger partial charge >= 0.3 is 0 Å². The van der Waals surface area contributed by atoms with Gasteiger partial charge in [-0.1, -0.05) is 31.8 Å². The van der Waals surface area contributed by atoms with Crippen molar-refractivity contribution in [3.63, 3.8) is 0 Å². The van der Waals surface area contributed by atoms with Crippen LogP contribution in [0.5, 0.6) is 0 Å². The Morgan fingerprint density at radius 3 is 2.68 bits per heavy atom. The quantitative estimate of drug-likeness (QED) is 0.835. The normalized spacial score (nSPS) is 17.4. The number of nitrogens with zero attached hydrogens (tertiary/aromatic N) is 3. The maximum absolute atomic E-state index is 12.3. The minimum absolute atomic E-state index is 0.0836. The van der Waals surface area contributed by atoms with E-state index in [1.54, 1.807) is 0 Å². The number of aromatic nitrogens is 2. The van der Waals surface area contributed by atoms with Crippen LogP contribution in [-0.2, 0) is 17.8 Å². The average Bonchev–Trinajstić information content (AvgIpc) is 3.09. The van der Waals surface area contributed by atoms with Crippen LogP contribution >= 0.6 is 0 Å². The summed E-state index contributed by atoms with van der Waals surface area (Å²) in [6.45, 7) is 6.66. The standard InChI is InChI=1S/C16H28N4O2/c1-11(2)9-15-18-14(19-22-15)10-20(4)12(3)16(21)17-13-7-5-6-8-13/h11-13H,5-10H2,1-4H3,(H,17,21)/t12-/m1/s1. The molecule has 0 unspecified atom stereocenters. The number of amides is 1. The molecule has 0 spiro atoms. The van der Waals surface area contributed by atoms with Crippen molar-refractivity contribution in [1.82, 2.24) is 20.4 Å². The average molecular weight is 308 g/mol. The van der Waals surface area contributed by atoms with Crippen molar-refractivity contribution in [2.45, 2.75) is 71.5 Å². The molecule has 0 bridgehead atoms. The lowest BCUT2D eigenvalue weighted by Gasteiger charge is -2.24. The molecule has 1 aromatic heterocycles. The van der Waals surface area contributed by atoms with Gasteiger partial charge in [-0.3, -0.25) is 9.69 Å². The molecule has 124 valence electrons. The first kappa shape index (κ1) is 16.9. The third kappa shape index (κ3) is 4.80. The second-order valence-corrected chi connectivity index (χ2v) is 6.78. The Morgan fingerprint density at radius 2 is 2.05 bits per heavy atom. The van der Waals surface area contributed by atoms with Gasteiger partial charge in [-0.25, -0.2) is 0 Å². The predicted molar refractivity (Wildman–Crippen MR) is 84.2 cm³/mol. The molecule has 0 aromatic carbocycles. The zero-order valence-corrected chi connectivity index (χ0v) is 14.1. The summed E-state index contributed by atoms with van der Waals surface area (Å²) >= 11 is 0. The van der Waals surface area contributed by atoms with Crippen molar-refractivity contribution in [2.75, 3.05) is 7.05 Å². The summed E-state index contributed by atoms with van der Waals surface area (Å²) in [7, 11) is 1.91. The van der Waals surface area contributed by atoms with Gasteiger partial charge in [0.15, 0.2) is 5.82 Å². The van der Waals surface area contributed by atoms with Gasteiger partial charge in [-0.15, -0.1) is 0 Å². The Hall–Kier alpha value is -1.43. The highest BCUT2D eigenvalue weighted by molar-refractivity contribution is 5.81. The second-order valence-electron chi connectivity index (χ2n) is 6.78. The van der Waals surface area contributed by atoms with Crippen molar-refractivity contribution >= 4 is 5.91 Å². The fourth-order valence-corrected chi connectivity index (χ4v) is 2.74. The summed E-state index contributed by atoms with van der Waals surface area (Å²) in [5, 5.41) is 7.13. The van der Waals surface area contributed by atoms with Crippen molar-refractivity contribution in [3.8, 4) is 0 Å². The van der Waals surface area contributed by atoms with Crippen LogP contribution in [0.4, 0.5) is 0 Å². The molecule has 0 aliphatic heterocycles. The molecule has 1 saturated carbocycles. The molecule has 0 saturated heterocycles. The zero-order chi connectivity index (χ0) is 16.1. The Labute approximate surface area is 132 Å². The third-order valence-electron chi connectivity index (χ3n) is 4.23. The smallest absolute Gasteiger partial charge is 0.237 e. The monoisotopic (exact) mass is 308 g/mol. The first-order valence-electron chi connectivity index (χ1n) is 8.27. The Kier molecular flexibility index (Phi) is 5.94.